The molecule has 3 aromatic heterocycles. The van der Waals surface area contributed by atoms with Gasteiger partial charge in [-0.05, 0) is 44.4 Å². The molecule has 0 aliphatic heterocycles. The molecule has 0 radical (unpaired) electrons. The van der Waals surface area contributed by atoms with Gasteiger partial charge in [0.05, 0.1) is 28.0 Å². The third-order valence-electron chi connectivity index (χ3n) is 5.05. The number of thiazole rings is 1. The molecule has 1 fully saturated rings. The maximum absolute atomic E-state index is 12.0. The Balaban J connectivity index is 1.31. The van der Waals surface area contributed by atoms with Gasteiger partial charge in [-0.15, -0.1) is 21.5 Å². The zero-order valence-corrected chi connectivity index (χ0v) is 17.4. The Labute approximate surface area is 175 Å². The summed E-state index contributed by atoms with van der Waals surface area (Å²) in [6, 6.07) is 6.10. The molecule has 0 spiro atoms. The molecule has 4 aromatic rings. The Morgan fingerprint density at radius 1 is 1.27 bits per heavy atom. The minimum Gasteiger partial charge on any atom is -0.424 e. The average Bonchev–Trinajstić information content (AvgIpc) is 3.02. The van der Waals surface area contributed by atoms with Gasteiger partial charge in [-0.3, -0.25) is 4.79 Å². The van der Waals surface area contributed by atoms with Gasteiger partial charge in [0.25, 0.3) is 0 Å². The second kappa shape index (κ2) is 6.99. The molecule has 10 heteroatoms. The van der Waals surface area contributed by atoms with Gasteiger partial charge in [0, 0.05) is 5.56 Å². The average molecular weight is 424 g/mol. The molecule has 3 N–H and O–H groups in total. The van der Waals surface area contributed by atoms with E-state index in [4.69, 9.17) is 14.7 Å². The van der Waals surface area contributed by atoms with E-state index in [1.54, 1.807) is 11.3 Å². The van der Waals surface area contributed by atoms with E-state index in [-0.39, 0.29) is 18.2 Å². The van der Waals surface area contributed by atoms with Crippen LogP contribution in [0.2, 0.25) is 0 Å². The zero-order valence-electron chi connectivity index (χ0n) is 16.6. The van der Waals surface area contributed by atoms with Gasteiger partial charge in [0.2, 0.25) is 17.7 Å². The number of amides is 1. The van der Waals surface area contributed by atoms with E-state index in [0.717, 1.165) is 50.6 Å². The van der Waals surface area contributed by atoms with Gasteiger partial charge in [-0.1, -0.05) is 11.2 Å². The van der Waals surface area contributed by atoms with Crippen LogP contribution in [-0.4, -0.2) is 31.9 Å². The van der Waals surface area contributed by atoms with Crippen molar-refractivity contribution in [1.29, 1.82) is 0 Å². The molecular formula is C20H20N6O3S. The van der Waals surface area contributed by atoms with Crippen LogP contribution in [0.4, 0.5) is 0 Å². The van der Waals surface area contributed by atoms with E-state index in [2.05, 4.69) is 31.7 Å². The fourth-order valence-electron chi connectivity index (χ4n) is 3.38. The summed E-state index contributed by atoms with van der Waals surface area (Å²) in [6.07, 6.45) is 2.02. The van der Waals surface area contributed by atoms with Crippen LogP contribution in [0.3, 0.4) is 0 Å². The van der Waals surface area contributed by atoms with Crippen LogP contribution in [0.15, 0.2) is 27.1 Å². The molecule has 9 nitrogen and oxygen atoms in total. The van der Waals surface area contributed by atoms with Crippen LogP contribution in [0.25, 0.3) is 21.3 Å². The van der Waals surface area contributed by atoms with Crippen LogP contribution < -0.4 is 11.1 Å². The van der Waals surface area contributed by atoms with E-state index in [1.165, 1.54) is 0 Å². The topological polar surface area (TPSA) is 133 Å². The number of nitrogens with one attached hydrogen (secondary N) is 1. The van der Waals surface area contributed by atoms with E-state index >= 15 is 0 Å². The fourth-order valence-corrected chi connectivity index (χ4v) is 4.38. The van der Waals surface area contributed by atoms with E-state index in [0.29, 0.717) is 12.3 Å². The summed E-state index contributed by atoms with van der Waals surface area (Å²) in [5, 5.41) is 15.7. The molecule has 0 bridgehead atoms. The third kappa shape index (κ3) is 3.71. The summed E-state index contributed by atoms with van der Waals surface area (Å²) in [5.41, 5.74) is 9.16. The monoisotopic (exact) mass is 424 g/mol. The van der Waals surface area contributed by atoms with Crippen LogP contribution in [0, 0.1) is 13.8 Å². The van der Waals surface area contributed by atoms with Gasteiger partial charge >= 0.3 is 0 Å². The fraction of sp³-hybridized carbons (Fsp3) is 0.350. The number of benzene rings is 1. The SMILES string of the molecule is Cc1noc(C)c1-c1ccc2nc(Cc3nnc(CC(=O)NC4(N)CC4)o3)sc2c1. The molecule has 3 heterocycles. The first-order valence-corrected chi connectivity index (χ1v) is 10.4. The molecule has 5 rings (SSSR count). The smallest absolute Gasteiger partial charge is 0.230 e. The van der Waals surface area contributed by atoms with Gasteiger partial charge in [-0.2, -0.15) is 0 Å². The van der Waals surface area contributed by atoms with E-state index < -0.39 is 5.66 Å². The Hall–Kier alpha value is -3.11. The van der Waals surface area contributed by atoms with Crippen molar-refractivity contribution in [1.82, 2.24) is 25.7 Å². The van der Waals surface area contributed by atoms with Crippen LogP contribution >= 0.6 is 11.3 Å². The minimum atomic E-state index is -0.552. The van der Waals surface area contributed by atoms with Gasteiger partial charge in [-0.25, -0.2) is 4.98 Å². The Morgan fingerprint density at radius 2 is 2.07 bits per heavy atom. The number of hydrogen-bond acceptors (Lipinski definition) is 9. The standard InChI is InChI=1S/C20H20N6O3S/c1-10-19(11(2)29-26-10)12-3-4-13-14(7-12)30-18(22-13)9-17-25-24-16(28-17)8-15(27)23-20(21)5-6-20/h3-4,7H,5-6,8-9,21H2,1-2H3,(H,23,27). The lowest BCUT2D eigenvalue weighted by molar-refractivity contribution is -0.121. The molecule has 1 amide bonds. The first kappa shape index (κ1) is 18.9. The maximum atomic E-state index is 12.0. The Morgan fingerprint density at radius 3 is 2.80 bits per heavy atom. The van der Waals surface area contributed by atoms with Crippen molar-refractivity contribution in [2.24, 2.45) is 5.73 Å². The second-order valence-corrected chi connectivity index (χ2v) is 8.75. The number of aromatic nitrogens is 4. The highest BCUT2D eigenvalue weighted by Crippen LogP contribution is 2.32. The lowest BCUT2D eigenvalue weighted by Crippen LogP contribution is -2.44. The van der Waals surface area contributed by atoms with Crippen molar-refractivity contribution in [2.75, 3.05) is 0 Å². The van der Waals surface area contributed by atoms with E-state index in [9.17, 15) is 4.79 Å². The van der Waals surface area contributed by atoms with Crippen molar-refractivity contribution in [2.45, 2.75) is 45.2 Å². The highest BCUT2D eigenvalue weighted by Gasteiger charge is 2.39. The largest absolute Gasteiger partial charge is 0.424 e. The number of nitrogens with two attached hydrogens (primary N) is 1. The number of carbonyl (C=O) groups excluding carboxylic acids is 1. The Kier molecular flexibility index (Phi) is 4.40. The summed E-state index contributed by atoms with van der Waals surface area (Å²) >= 11 is 1.57. The van der Waals surface area contributed by atoms with Crippen molar-refractivity contribution >= 4 is 27.5 Å². The molecule has 1 aliphatic carbocycles. The molecule has 1 aliphatic rings. The number of rotatable bonds is 6. The summed E-state index contributed by atoms with van der Waals surface area (Å²) in [6.45, 7) is 3.84. The minimum absolute atomic E-state index is 0.0204. The molecule has 1 saturated carbocycles. The molecule has 1 aromatic carbocycles. The summed E-state index contributed by atoms with van der Waals surface area (Å²) < 4.78 is 12.0. The van der Waals surface area contributed by atoms with Crippen molar-refractivity contribution in [3.05, 3.63) is 46.4 Å². The predicted molar refractivity (Wildman–Crippen MR) is 110 cm³/mol. The number of aryl methyl sites for hydroxylation is 2. The first-order chi connectivity index (χ1) is 14.4. The molecule has 0 unspecified atom stereocenters. The lowest BCUT2D eigenvalue weighted by atomic mass is 10.0. The van der Waals surface area contributed by atoms with Gasteiger partial charge in [0.1, 0.15) is 17.2 Å². The van der Waals surface area contributed by atoms with Crippen LogP contribution in [-0.2, 0) is 17.6 Å². The lowest BCUT2D eigenvalue weighted by Gasteiger charge is -2.09. The van der Waals surface area contributed by atoms with Gasteiger partial charge < -0.3 is 20.0 Å². The molecule has 0 atom stereocenters. The molecular weight excluding hydrogens is 404 g/mol. The third-order valence-corrected chi connectivity index (χ3v) is 6.07. The maximum Gasteiger partial charge on any atom is 0.230 e. The summed E-state index contributed by atoms with van der Waals surface area (Å²) in [4.78, 5) is 16.6. The Bertz CT molecular complexity index is 1230. The number of nitrogens with zero attached hydrogens (tertiary/aromatic N) is 4. The van der Waals surface area contributed by atoms with Crippen molar-refractivity contribution in [3.63, 3.8) is 0 Å². The van der Waals surface area contributed by atoms with Gasteiger partial charge in [0.15, 0.2) is 0 Å². The van der Waals surface area contributed by atoms with E-state index in [1.807, 2.05) is 26.0 Å². The number of carbonyl (C=O) groups is 1. The zero-order chi connectivity index (χ0) is 20.9. The van der Waals surface area contributed by atoms with Crippen molar-refractivity contribution in [3.8, 4) is 11.1 Å². The summed E-state index contributed by atoms with van der Waals surface area (Å²) in [7, 11) is 0. The highest BCUT2D eigenvalue weighted by atomic mass is 32.1. The normalized spacial score (nSPS) is 14.9. The van der Waals surface area contributed by atoms with Crippen LogP contribution in [0.1, 0.15) is 41.1 Å². The predicted octanol–water partition coefficient (Wildman–Crippen LogP) is 2.65. The molecule has 0 saturated heterocycles. The summed E-state index contributed by atoms with van der Waals surface area (Å²) in [5.74, 6) is 1.28. The molecule has 30 heavy (non-hydrogen) atoms. The number of fused-ring (bicyclic) bond motifs is 1. The molecule has 154 valence electrons. The van der Waals surface area contributed by atoms with Crippen LogP contribution in [0.5, 0.6) is 0 Å². The highest BCUT2D eigenvalue weighted by molar-refractivity contribution is 7.18. The van der Waals surface area contributed by atoms with Crippen molar-refractivity contribution < 1.29 is 13.7 Å². The first-order valence-electron chi connectivity index (χ1n) is 9.62. The number of hydrogen-bond donors (Lipinski definition) is 2. The second-order valence-electron chi connectivity index (χ2n) is 7.64. The quantitative estimate of drug-likeness (QED) is 0.451.